The van der Waals surface area contributed by atoms with Crippen molar-refractivity contribution in [2.24, 2.45) is 17.3 Å². The van der Waals surface area contributed by atoms with Crippen LogP contribution in [-0.2, 0) is 123 Å². The highest BCUT2D eigenvalue weighted by Crippen LogP contribution is 2.60. The van der Waals surface area contributed by atoms with Crippen molar-refractivity contribution in [1.82, 2.24) is 0 Å². The monoisotopic (exact) mass is 1730 g/mol. The quantitative estimate of drug-likeness (QED) is 0.0237. The molecule has 0 aliphatic rings. The molecule has 0 rings (SSSR count). The molecule has 0 aromatic heterocycles. The summed E-state index contributed by atoms with van der Waals surface area (Å²) in [6.45, 7) is 32.3. The van der Waals surface area contributed by atoms with E-state index in [0.29, 0.717) is 264 Å². The van der Waals surface area contributed by atoms with Crippen LogP contribution in [0.2, 0.25) is 0 Å². The summed E-state index contributed by atoms with van der Waals surface area (Å²) in [5.41, 5.74) is -1.33. The first-order valence-electron chi connectivity index (χ1n) is 40.3. The third-order valence-corrected chi connectivity index (χ3v) is 16.5. The van der Waals surface area contributed by atoms with Gasteiger partial charge in [-0.3, -0.25) is 14.4 Å². The molecule has 0 aliphatic carbocycles. The Bertz CT molecular complexity index is 2180. The lowest BCUT2D eigenvalue weighted by atomic mass is 9.90. The first kappa shape index (κ1) is 117. The SMILES string of the molecule is CCC(C)(C)C(=O)OCCC(F)(F)C(F)(F)C(F)(F)C(F)(F)C(F)(F)C(F)(F)F.CCC(C)C(=O)OCCOCCOCCOCCOCCOCCOCCOCCOCCOCCOCCOCCOCCOCCOCCOCCOCCOCCOCCOCCOC.CCCCCCCCCCCCOC(=O)C(C)CC. The average Bonchev–Trinajstić information content (AvgIpc) is 0.712. The van der Waals surface area contributed by atoms with Gasteiger partial charge in [0.25, 0.3) is 0 Å². The first-order chi connectivity index (χ1) is 55.4. The number of carbonyl (C=O) groups excluding carboxylic acids is 3. The molecule has 0 saturated heterocycles. The fourth-order valence-electron chi connectivity index (χ4n) is 8.35. The van der Waals surface area contributed by atoms with E-state index in [9.17, 15) is 71.5 Å². The summed E-state index contributed by atoms with van der Waals surface area (Å²) in [4.78, 5) is 34.4. The predicted molar refractivity (Wildman–Crippen MR) is 401 cm³/mol. The maximum Gasteiger partial charge on any atom is 0.460 e. The summed E-state index contributed by atoms with van der Waals surface area (Å²) in [6, 6.07) is 0. The molecule has 0 bridgehead atoms. The second-order valence-electron chi connectivity index (χ2n) is 26.4. The van der Waals surface area contributed by atoms with Gasteiger partial charge in [0.1, 0.15) is 6.61 Å². The highest BCUT2D eigenvalue weighted by molar-refractivity contribution is 5.75. The van der Waals surface area contributed by atoms with Crippen molar-refractivity contribution < 1.29 is 180 Å². The van der Waals surface area contributed by atoms with Crippen LogP contribution < -0.4 is 0 Å². The number of hydrogen-bond donors (Lipinski definition) is 0. The zero-order valence-corrected chi connectivity index (χ0v) is 70.3. The van der Waals surface area contributed by atoms with Crippen LogP contribution in [0.1, 0.15) is 145 Å². The van der Waals surface area contributed by atoms with Crippen LogP contribution in [-0.4, -0.2) is 338 Å². The normalized spacial score (nSPS) is 13.0. The number of unbranched alkanes of at least 4 members (excludes halogenated alkanes) is 9. The average molecular weight is 1730 g/mol. The number of esters is 3. The Morgan fingerprint density at radius 3 is 0.698 bits per heavy atom. The molecule has 0 heterocycles. The van der Waals surface area contributed by atoms with E-state index in [1.54, 1.807) is 7.11 Å². The van der Waals surface area contributed by atoms with Crippen molar-refractivity contribution in [3.8, 4) is 0 Å². The number of hydrogen-bond acceptors (Lipinski definition) is 26. The molecule has 39 heteroatoms. The van der Waals surface area contributed by atoms with Gasteiger partial charge in [0, 0.05) is 7.11 Å². The minimum Gasteiger partial charge on any atom is -0.465 e. The Labute approximate surface area is 679 Å². The molecule has 0 spiro atoms. The number of ether oxygens (including phenoxy) is 23. The Kier molecular flexibility index (Phi) is 78.3. The third-order valence-electron chi connectivity index (χ3n) is 16.5. The molecule has 0 fully saturated rings. The second kappa shape index (κ2) is 77.7. The van der Waals surface area contributed by atoms with Gasteiger partial charge in [-0.1, -0.05) is 99.3 Å². The summed E-state index contributed by atoms with van der Waals surface area (Å²) in [5.74, 6) is -38.7. The molecule has 2 atom stereocenters. The van der Waals surface area contributed by atoms with E-state index in [-0.39, 0.29) is 36.8 Å². The van der Waals surface area contributed by atoms with Crippen LogP contribution in [0.5, 0.6) is 0 Å². The number of rotatable bonds is 84. The summed E-state index contributed by atoms with van der Waals surface area (Å²) in [5, 5.41) is 0. The minimum absolute atomic E-state index is 0.0292. The summed E-state index contributed by atoms with van der Waals surface area (Å²) in [7, 11) is 1.64. The highest BCUT2D eigenvalue weighted by atomic mass is 19.4. The second-order valence-corrected chi connectivity index (χ2v) is 26.4. The first-order valence-corrected chi connectivity index (χ1v) is 40.3. The maximum atomic E-state index is 13.5. The third kappa shape index (κ3) is 63.6. The topological polar surface area (TPSA) is 263 Å². The Morgan fingerprint density at radius 2 is 0.474 bits per heavy atom. The molecule has 0 amide bonds. The molecule has 0 aliphatic heterocycles. The van der Waals surface area contributed by atoms with E-state index in [1.165, 1.54) is 78.6 Å². The fourth-order valence-corrected chi connectivity index (χ4v) is 8.35. The molecule has 0 N–H and O–H groups in total. The fraction of sp³-hybridized carbons (Fsp3) is 0.961. The summed E-state index contributed by atoms with van der Waals surface area (Å²) < 4.78 is 291. The lowest BCUT2D eigenvalue weighted by Crippen LogP contribution is -2.70. The van der Waals surface area contributed by atoms with Gasteiger partial charge in [0.2, 0.25) is 0 Å². The number of halogens is 13. The number of methoxy groups -OCH3 is 1. The Hall–Kier alpha value is -3.30. The van der Waals surface area contributed by atoms with Crippen molar-refractivity contribution in [3.05, 3.63) is 0 Å². The molecule has 116 heavy (non-hydrogen) atoms. The van der Waals surface area contributed by atoms with Gasteiger partial charge in [-0.05, 0) is 39.5 Å². The van der Waals surface area contributed by atoms with Crippen LogP contribution in [0.3, 0.4) is 0 Å². The van der Waals surface area contributed by atoms with Gasteiger partial charge in [0.05, 0.1) is 295 Å². The standard InChI is InChI=1S/C46H92O22.C17H34O2.C14H15F13O2/c1-4-45(2)46(47)68-44-43-67-42-41-66-40-39-65-38-37-64-36-35-63-34-33-62-32-31-61-30-29-60-28-27-59-26-25-58-24-23-57-22-21-56-20-19-55-18-17-54-16-15-53-14-13-52-12-11-51-10-9-50-8-7-49-6-5-48-3;1-4-6-7-8-9-10-11-12-13-14-15-19-17(18)16(3)5-2;1-4-8(2,3)7(28)29-6-5-9(15,16)10(17,18)11(19,20)12(21,22)13(23,24)14(25,26)27/h45H,4-44H2,1-3H3;16H,4-15H2,1-3H3;4-6H2,1-3H3. The van der Waals surface area contributed by atoms with Gasteiger partial charge < -0.3 is 109 Å². The van der Waals surface area contributed by atoms with Crippen molar-refractivity contribution in [3.63, 3.8) is 0 Å². The highest BCUT2D eigenvalue weighted by Gasteiger charge is 2.90. The van der Waals surface area contributed by atoms with Gasteiger partial charge in [-0.25, -0.2) is 0 Å². The van der Waals surface area contributed by atoms with Crippen LogP contribution in [0, 0.1) is 17.3 Å². The number of alkyl halides is 13. The molecular weight excluding hydrogens is 1590 g/mol. The molecule has 0 saturated carbocycles. The molecule has 0 aromatic carbocycles. The van der Waals surface area contributed by atoms with Crippen LogP contribution >= 0.6 is 0 Å². The van der Waals surface area contributed by atoms with E-state index >= 15 is 0 Å². The van der Waals surface area contributed by atoms with Crippen LogP contribution in [0.4, 0.5) is 57.1 Å². The van der Waals surface area contributed by atoms with E-state index in [2.05, 4.69) is 11.7 Å². The van der Waals surface area contributed by atoms with Crippen LogP contribution in [0.15, 0.2) is 0 Å². The van der Waals surface area contributed by atoms with E-state index in [0.717, 1.165) is 19.3 Å². The Morgan fingerprint density at radius 1 is 0.259 bits per heavy atom. The molecule has 2 unspecified atom stereocenters. The van der Waals surface area contributed by atoms with Crippen molar-refractivity contribution >= 4 is 17.9 Å². The molecule has 696 valence electrons. The molecule has 26 nitrogen and oxygen atoms in total. The van der Waals surface area contributed by atoms with Crippen LogP contribution in [0.25, 0.3) is 0 Å². The maximum absolute atomic E-state index is 13.5. The van der Waals surface area contributed by atoms with Gasteiger partial charge in [-0.2, -0.15) is 57.1 Å². The number of carbonyl (C=O) groups is 3. The van der Waals surface area contributed by atoms with Crippen molar-refractivity contribution in [2.75, 3.05) is 285 Å². The predicted octanol–water partition coefficient (Wildman–Crippen LogP) is 13.1. The smallest absolute Gasteiger partial charge is 0.460 e. The van der Waals surface area contributed by atoms with Gasteiger partial charge >= 0.3 is 53.7 Å². The van der Waals surface area contributed by atoms with Crippen molar-refractivity contribution in [1.29, 1.82) is 0 Å². The zero-order chi connectivity index (χ0) is 87.2. The minimum atomic E-state index is -7.94. The molecule has 0 radical (unpaired) electrons. The van der Waals surface area contributed by atoms with Crippen molar-refractivity contribution in [2.45, 2.75) is 181 Å². The lowest BCUT2D eigenvalue weighted by Gasteiger charge is -2.39. The van der Waals surface area contributed by atoms with Gasteiger partial charge in [-0.15, -0.1) is 0 Å². The summed E-state index contributed by atoms with van der Waals surface area (Å²) in [6.07, 6.45) is 4.81. The summed E-state index contributed by atoms with van der Waals surface area (Å²) >= 11 is 0. The zero-order valence-electron chi connectivity index (χ0n) is 70.3. The largest absolute Gasteiger partial charge is 0.465 e. The Balaban J connectivity index is -0.00000215. The van der Waals surface area contributed by atoms with E-state index in [4.69, 9.17) is 104 Å². The van der Waals surface area contributed by atoms with Gasteiger partial charge in [0.15, 0.2) is 0 Å². The molecule has 0 aromatic rings. The van der Waals surface area contributed by atoms with E-state index < -0.39 is 60.2 Å². The lowest BCUT2D eigenvalue weighted by molar-refractivity contribution is -0.440. The molecular formula is C77H141F13O26. The van der Waals surface area contributed by atoms with E-state index in [1.807, 2.05) is 27.7 Å².